The van der Waals surface area contributed by atoms with Crippen LogP contribution >= 0.6 is 0 Å². The highest BCUT2D eigenvalue weighted by molar-refractivity contribution is 6.00. The SMILES string of the molecule is CO/N=C(\CCC(=O)O)c1nc2ccccc2n(C2CC3CCCC(C2)N3C2CC3CC4CC(C2)C4(C)C3)c1=O. The zero-order chi connectivity index (χ0) is 27.6. The van der Waals surface area contributed by atoms with Crippen LogP contribution < -0.4 is 5.56 Å². The molecule has 1 N–H and O–H groups in total. The minimum absolute atomic E-state index is 0.0850. The van der Waals surface area contributed by atoms with E-state index in [4.69, 9.17) is 9.82 Å². The van der Waals surface area contributed by atoms with Crippen molar-refractivity contribution in [1.29, 1.82) is 0 Å². The Morgan fingerprint density at radius 1 is 1.02 bits per heavy atom. The van der Waals surface area contributed by atoms with Gasteiger partial charge in [-0.15, -0.1) is 0 Å². The summed E-state index contributed by atoms with van der Waals surface area (Å²) in [4.78, 5) is 38.2. The summed E-state index contributed by atoms with van der Waals surface area (Å²) in [5.41, 5.74) is 2.51. The van der Waals surface area contributed by atoms with Crippen molar-refractivity contribution in [3.05, 3.63) is 40.3 Å². The van der Waals surface area contributed by atoms with Crippen LogP contribution in [0.2, 0.25) is 0 Å². The number of carbonyl (C=O) groups is 1. The van der Waals surface area contributed by atoms with Crippen LogP contribution in [0.15, 0.2) is 34.2 Å². The quantitative estimate of drug-likeness (QED) is 0.370. The van der Waals surface area contributed by atoms with Crippen molar-refractivity contribution >= 4 is 22.7 Å². The molecule has 0 spiro atoms. The van der Waals surface area contributed by atoms with E-state index in [1.807, 2.05) is 28.8 Å². The largest absolute Gasteiger partial charge is 0.481 e. The molecule has 2 aliphatic heterocycles. The fourth-order valence-corrected chi connectivity index (χ4v) is 9.90. The van der Waals surface area contributed by atoms with Crippen molar-refractivity contribution in [2.24, 2.45) is 28.3 Å². The van der Waals surface area contributed by atoms with Crippen LogP contribution in [0.25, 0.3) is 11.0 Å². The Labute approximate surface area is 235 Å². The zero-order valence-electron chi connectivity index (χ0n) is 23.8. The van der Waals surface area contributed by atoms with Crippen LogP contribution in [-0.2, 0) is 9.63 Å². The molecule has 5 fully saturated rings. The topological polar surface area (TPSA) is 97.0 Å². The van der Waals surface area contributed by atoms with Gasteiger partial charge in [0.25, 0.3) is 5.56 Å². The summed E-state index contributed by atoms with van der Waals surface area (Å²) in [6, 6.07) is 9.61. The monoisotopic (exact) mass is 546 g/mol. The molecule has 40 heavy (non-hydrogen) atoms. The van der Waals surface area contributed by atoms with Gasteiger partial charge in [0.05, 0.1) is 17.5 Å². The number of oxime groups is 1. The first-order valence-corrected chi connectivity index (χ1v) is 15.5. The van der Waals surface area contributed by atoms with Gasteiger partial charge < -0.3 is 14.5 Å². The molecule has 1 aromatic carbocycles. The maximum Gasteiger partial charge on any atom is 0.303 e. The Morgan fingerprint density at radius 2 is 1.77 bits per heavy atom. The van der Waals surface area contributed by atoms with Crippen LogP contribution in [0.5, 0.6) is 0 Å². The summed E-state index contributed by atoms with van der Waals surface area (Å²) >= 11 is 0. The molecule has 3 saturated carbocycles. The number of fused-ring (bicyclic) bond motifs is 4. The predicted molar refractivity (Wildman–Crippen MR) is 153 cm³/mol. The van der Waals surface area contributed by atoms with Gasteiger partial charge in [-0.2, -0.15) is 0 Å². The lowest BCUT2D eigenvalue weighted by Gasteiger charge is -2.56. The molecule has 0 radical (unpaired) electrons. The van der Waals surface area contributed by atoms with Gasteiger partial charge in [-0.1, -0.05) is 30.6 Å². The highest BCUT2D eigenvalue weighted by Crippen LogP contribution is 2.67. The third-order valence-corrected chi connectivity index (χ3v) is 11.6. The number of hydrogen-bond acceptors (Lipinski definition) is 6. The van der Waals surface area contributed by atoms with Gasteiger partial charge in [0, 0.05) is 30.6 Å². The second-order valence-corrected chi connectivity index (χ2v) is 13.6. The Morgan fingerprint density at radius 3 is 2.52 bits per heavy atom. The maximum atomic E-state index is 14.2. The Bertz CT molecular complexity index is 1390. The Balaban J connectivity index is 1.22. The van der Waals surface area contributed by atoms with E-state index < -0.39 is 5.97 Å². The lowest BCUT2D eigenvalue weighted by Crippen LogP contribution is -2.58. The van der Waals surface area contributed by atoms with E-state index in [1.165, 1.54) is 58.5 Å². The van der Waals surface area contributed by atoms with Crippen LogP contribution in [-0.4, -0.2) is 56.5 Å². The second-order valence-electron chi connectivity index (χ2n) is 13.6. The standard InChI is InChI=1S/C32H42N4O4/c1-32-18-19-12-20(32)14-21(32)15-24(13-19)35-22-6-5-7-23(35)17-25(16-22)36-28-9-4-3-8-26(28)33-30(31(36)39)27(34-40-2)10-11-29(37)38/h3-4,8-9,19-25H,5-7,10-18H2,1-2H3,(H,37,38)/b34-27+. The molecule has 8 nitrogen and oxygen atoms in total. The van der Waals surface area contributed by atoms with Crippen LogP contribution in [0.3, 0.4) is 0 Å². The van der Waals surface area contributed by atoms with Gasteiger partial charge in [0.2, 0.25) is 0 Å². The fourth-order valence-electron chi connectivity index (χ4n) is 9.90. The summed E-state index contributed by atoms with van der Waals surface area (Å²) < 4.78 is 1.97. The molecule has 2 saturated heterocycles. The van der Waals surface area contributed by atoms with E-state index in [0.29, 0.717) is 29.3 Å². The number of aromatic nitrogens is 2. The Kier molecular flexibility index (Phi) is 6.52. The number of para-hydroxylation sites is 2. The summed E-state index contributed by atoms with van der Waals surface area (Å²) in [6.07, 6.45) is 12.7. The average molecular weight is 547 g/mol. The number of benzene rings is 1. The lowest BCUT2D eigenvalue weighted by atomic mass is 9.54. The highest BCUT2D eigenvalue weighted by Gasteiger charge is 2.60. The van der Waals surface area contributed by atoms with Crippen molar-refractivity contribution in [1.82, 2.24) is 14.5 Å². The van der Waals surface area contributed by atoms with E-state index in [-0.39, 0.29) is 30.1 Å². The molecular formula is C32H42N4O4. The van der Waals surface area contributed by atoms with Gasteiger partial charge in [-0.25, -0.2) is 4.98 Å². The van der Waals surface area contributed by atoms with Gasteiger partial charge in [0.1, 0.15) is 12.8 Å². The van der Waals surface area contributed by atoms with Crippen molar-refractivity contribution < 1.29 is 14.7 Å². The summed E-state index contributed by atoms with van der Waals surface area (Å²) in [6.45, 7) is 2.58. The molecule has 1 aromatic heterocycles. The number of carboxylic acids is 1. The molecule has 4 bridgehead atoms. The number of piperidine rings is 2. The summed E-state index contributed by atoms with van der Waals surface area (Å²) in [5, 5.41) is 13.3. The second kappa shape index (κ2) is 9.97. The van der Waals surface area contributed by atoms with Gasteiger partial charge in [0.15, 0.2) is 5.69 Å². The molecule has 214 valence electrons. The summed E-state index contributed by atoms with van der Waals surface area (Å²) in [5.74, 6) is 1.83. The maximum absolute atomic E-state index is 14.2. The number of rotatable bonds is 7. The average Bonchev–Trinajstić information content (AvgIpc) is 3.09. The molecule has 8 heteroatoms. The lowest BCUT2D eigenvalue weighted by molar-refractivity contribution is -0.136. The Hall–Kier alpha value is -2.74. The first kappa shape index (κ1) is 26.2. The number of hydrogen-bond donors (Lipinski definition) is 1. The van der Waals surface area contributed by atoms with E-state index in [9.17, 15) is 14.7 Å². The van der Waals surface area contributed by atoms with Gasteiger partial charge >= 0.3 is 5.97 Å². The first-order chi connectivity index (χ1) is 19.4. The van der Waals surface area contributed by atoms with E-state index in [1.54, 1.807) is 0 Å². The first-order valence-electron chi connectivity index (χ1n) is 15.5. The zero-order valence-corrected chi connectivity index (χ0v) is 23.8. The van der Waals surface area contributed by atoms with Crippen LogP contribution in [0, 0.1) is 23.2 Å². The minimum Gasteiger partial charge on any atom is -0.481 e. The molecule has 7 unspecified atom stereocenters. The molecule has 3 aliphatic carbocycles. The van der Waals surface area contributed by atoms with Crippen molar-refractivity contribution in [2.75, 3.05) is 7.11 Å². The molecular weight excluding hydrogens is 504 g/mol. The summed E-state index contributed by atoms with van der Waals surface area (Å²) in [7, 11) is 1.42. The molecule has 7 atom stereocenters. The minimum atomic E-state index is -0.941. The van der Waals surface area contributed by atoms with Crippen LogP contribution in [0.4, 0.5) is 0 Å². The third kappa shape index (κ3) is 4.20. The molecule has 3 heterocycles. The van der Waals surface area contributed by atoms with Gasteiger partial charge in [-0.3, -0.25) is 14.5 Å². The van der Waals surface area contributed by atoms with Crippen molar-refractivity contribution in [2.45, 2.75) is 108 Å². The number of carboxylic acid groups (broad SMARTS) is 1. The molecule has 5 aliphatic rings. The van der Waals surface area contributed by atoms with Crippen LogP contribution in [0.1, 0.15) is 95.7 Å². The predicted octanol–water partition coefficient (Wildman–Crippen LogP) is 5.38. The van der Waals surface area contributed by atoms with Gasteiger partial charge in [-0.05, 0) is 93.1 Å². The normalized spacial score (nSPS) is 37.1. The third-order valence-electron chi connectivity index (χ3n) is 11.6. The highest BCUT2D eigenvalue weighted by atomic mass is 16.6. The van der Waals surface area contributed by atoms with E-state index in [0.717, 1.165) is 41.6 Å². The van der Waals surface area contributed by atoms with Crippen molar-refractivity contribution in [3.8, 4) is 0 Å². The number of aliphatic carboxylic acids is 1. The van der Waals surface area contributed by atoms with E-state index >= 15 is 0 Å². The molecule has 2 aromatic rings. The fraction of sp³-hybridized carbons (Fsp3) is 0.688. The molecule has 0 amide bonds. The van der Waals surface area contributed by atoms with Crippen molar-refractivity contribution in [3.63, 3.8) is 0 Å². The molecule has 7 rings (SSSR count). The van der Waals surface area contributed by atoms with E-state index in [2.05, 4.69) is 17.0 Å². The smallest absolute Gasteiger partial charge is 0.303 e. The number of nitrogens with zero attached hydrogens (tertiary/aromatic N) is 4.